The molecule has 4 aromatic rings. The van der Waals surface area contributed by atoms with Gasteiger partial charge in [0.15, 0.2) is 8.29 Å². The van der Waals surface area contributed by atoms with Gasteiger partial charge in [0, 0.05) is 5.02 Å². The number of hydrazine groups is 1. The number of halogens is 1. The highest BCUT2D eigenvalue weighted by molar-refractivity contribution is 8.01. The van der Waals surface area contributed by atoms with E-state index in [0.717, 1.165) is 32.6 Å². The first kappa shape index (κ1) is 24.6. The van der Waals surface area contributed by atoms with Gasteiger partial charge in [0.25, 0.3) is 5.91 Å². The number of benzene rings is 3. The second-order valence-corrected chi connectivity index (χ2v) is 11.1. The van der Waals surface area contributed by atoms with Crippen molar-refractivity contribution in [3.8, 4) is 11.4 Å². The summed E-state index contributed by atoms with van der Waals surface area (Å²) in [5.74, 6) is 0.906. The lowest BCUT2D eigenvalue weighted by atomic mass is 10.0. The van der Waals surface area contributed by atoms with Gasteiger partial charge < -0.3 is 4.74 Å². The fourth-order valence-electron chi connectivity index (χ4n) is 3.77. The number of nitrogens with one attached hydrogen (secondary N) is 1. The molecule has 3 aromatic carbocycles. The van der Waals surface area contributed by atoms with Crippen LogP contribution in [0, 0.1) is 3.95 Å². The molecule has 0 fully saturated rings. The lowest BCUT2D eigenvalue weighted by molar-refractivity contribution is -0.131. The Morgan fingerprint density at radius 3 is 2.53 bits per heavy atom. The van der Waals surface area contributed by atoms with E-state index in [0.29, 0.717) is 8.98 Å². The Morgan fingerprint density at radius 1 is 1.11 bits per heavy atom. The molecule has 1 atom stereocenters. The first-order valence-electron chi connectivity index (χ1n) is 11.0. The normalized spacial score (nSPS) is 14.9. The summed E-state index contributed by atoms with van der Waals surface area (Å²) in [5, 5.41) is 6.92. The predicted molar refractivity (Wildman–Crippen MR) is 148 cm³/mol. The van der Waals surface area contributed by atoms with Gasteiger partial charge in [-0.25, -0.2) is 9.69 Å². The summed E-state index contributed by atoms with van der Waals surface area (Å²) in [6.45, 7) is 0. The van der Waals surface area contributed by atoms with Crippen LogP contribution in [0.2, 0.25) is 5.02 Å². The van der Waals surface area contributed by atoms with Crippen molar-refractivity contribution in [2.45, 2.75) is 10.4 Å². The van der Waals surface area contributed by atoms with Crippen LogP contribution in [0.1, 0.15) is 17.2 Å². The van der Waals surface area contributed by atoms with Crippen molar-refractivity contribution in [3.63, 3.8) is 0 Å². The summed E-state index contributed by atoms with van der Waals surface area (Å²) in [6, 6.07) is 24.8. The first-order chi connectivity index (χ1) is 17.5. The fourth-order valence-corrected chi connectivity index (χ4v) is 6.12. The molecule has 0 spiro atoms. The van der Waals surface area contributed by atoms with Crippen LogP contribution in [0.4, 0.5) is 0 Å². The highest BCUT2D eigenvalue weighted by Gasteiger charge is 2.31. The standard InChI is InChI=1S/C26H21ClN4O2S3/c1-33-21-13-7-18(8-14-21)23-15-22(17-5-3-2-4-6-17)28-31(23)24(32)16-35-25-29-30(26(34)36-25)20-11-9-19(27)10-12-20/h2-15,23,28H,16H2,1H3/t23-/m1/s1. The summed E-state index contributed by atoms with van der Waals surface area (Å²) in [6.07, 6.45) is 2.07. The number of rotatable bonds is 7. The lowest BCUT2D eigenvalue weighted by Crippen LogP contribution is -2.40. The summed E-state index contributed by atoms with van der Waals surface area (Å²) in [5.41, 5.74) is 7.02. The number of nitrogens with zero attached hydrogens (tertiary/aromatic N) is 3. The van der Waals surface area contributed by atoms with Crippen molar-refractivity contribution in [3.05, 3.63) is 105 Å². The maximum absolute atomic E-state index is 13.4. The highest BCUT2D eigenvalue weighted by Crippen LogP contribution is 2.33. The molecule has 1 amide bonds. The molecule has 0 saturated heterocycles. The van der Waals surface area contributed by atoms with E-state index in [9.17, 15) is 4.79 Å². The van der Waals surface area contributed by atoms with Crippen molar-refractivity contribution in [2.75, 3.05) is 12.9 Å². The molecule has 0 bridgehead atoms. The molecule has 10 heteroatoms. The van der Waals surface area contributed by atoms with Gasteiger partial charge in [0.1, 0.15) is 5.75 Å². The van der Waals surface area contributed by atoms with E-state index in [4.69, 9.17) is 28.6 Å². The Kier molecular flexibility index (Phi) is 7.43. The van der Waals surface area contributed by atoms with Crippen molar-refractivity contribution >= 4 is 58.5 Å². The van der Waals surface area contributed by atoms with Crippen molar-refractivity contribution in [1.29, 1.82) is 0 Å². The molecule has 0 aliphatic carbocycles. The van der Waals surface area contributed by atoms with Crippen molar-refractivity contribution < 1.29 is 9.53 Å². The Balaban J connectivity index is 1.34. The Bertz CT molecular complexity index is 1450. The van der Waals surface area contributed by atoms with Crippen molar-refractivity contribution in [2.24, 2.45) is 0 Å². The smallest absolute Gasteiger partial charge is 0.252 e. The Morgan fingerprint density at radius 2 is 1.83 bits per heavy atom. The number of methoxy groups -OCH3 is 1. The predicted octanol–water partition coefficient (Wildman–Crippen LogP) is 6.55. The van der Waals surface area contributed by atoms with Crippen LogP contribution in [0.25, 0.3) is 11.4 Å². The Hall–Kier alpha value is -3.11. The summed E-state index contributed by atoms with van der Waals surface area (Å²) >= 11 is 14.2. The van der Waals surface area contributed by atoms with Crippen LogP contribution in [0.3, 0.4) is 0 Å². The zero-order valence-corrected chi connectivity index (χ0v) is 22.3. The number of carbonyl (C=O) groups is 1. The molecule has 1 N–H and O–H groups in total. The third-order valence-electron chi connectivity index (χ3n) is 5.57. The number of amides is 1. The van der Waals surface area contributed by atoms with Gasteiger partial charge in [-0.1, -0.05) is 77.2 Å². The van der Waals surface area contributed by atoms with E-state index >= 15 is 0 Å². The van der Waals surface area contributed by atoms with Crippen LogP contribution in [0.15, 0.2) is 89.3 Å². The number of carbonyl (C=O) groups excluding carboxylic acids is 1. The molecule has 5 rings (SSSR count). The molecular formula is C26H21ClN4O2S3. The number of hydrogen-bond acceptors (Lipinski definition) is 7. The zero-order chi connectivity index (χ0) is 25.1. The van der Waals surface area contributed by atoms with Crippen LogP contribution in [-0.2, 0) is 4.79 Å². The number of aromatic nitrogens is 2. The third-order valence-corrected chi connectivity index (χ3v) is 8.18. The minimum atomic E-state index is -0.260. The largest absolute Gasteiger partial charge is 0.497 e. The van der Waals surface area contributed by atoms with Crippen LogP contribution >= 0.6 is 46.9 Å². The minimum absolute atomic E-state index is 0.0674. The molecule has 2 heterocycles. The van der Waals surface area contributed by atoms with Gasteiger partial charge in [-0.15, -0.1) is 5.10 Å². The van der Waals surface area contributed by atoms with Crippen LogP contribution < -0.4 is 10.2 Å². The molecule has 0 saturated carbocycles. The molecule has 0 unspecified atom stereocenters. The van der Waals surface area contributed by atoms with Gasteiger partial charge in [-0.2, -0.15) is 0 Å². The van der Waals surface area contributed by atoms with Crippen LogP contribution in [-0.4, -0.2) is 33.6 Å². The maximum Gasteiger partial charge on any atom is 0.252 e. The third kappa shape index (κ3) is 5.34. The van der Waals surface area contributed by atoms with E-state index in [1.807, 2.05) is 66.7 Å². The highest BCUT2D eigenvalue weighted by atomic mass is 35.5. The molecule has 1 aliphatic heterocycles. The first-order valence-corrected chi connectivity index (χ1v) is 13.6. The zero-order valence-electron chi connectivity index (χ0n) is 19.1. The average molecular weight is 553 g/mol. The molecular weight excluding hydrogens is 532 g/mol. The van der Waals surface area contributed by atoms with E-state index in [1.54, 1.807) is 28.9 Å². The summed E-state index contributed by atoms with van der Waals surface area (Å²) < 4.78 is 8.31. The number of thioether (sulfide) groups is 1. The van der Waals surface area contributed by atoms with E-state index in [-0.39, 0.29) is 17.7 Å². The monoisotopic (exact) mass is 552 g/mol. The van der Waals surface area contributed by atoms with E-state index in [1.165, 1.54) is 23.1 Å². The second kappa shape index (κ2) is 10.9. The van der Waals surface area contributed by atoms with Crippen molar-refractivity contribution in [1.82, 2.24) is 20.2 Å². The second-order valence-electron chi connectivity index (χ2n) is 7.85. The Labute approximate surface area is 227 Å². The lowest BCUT2D eigenvalue weighted by Gasteiger charge is -2.25. The maximum atomic E-state index is 13.4. The van der Waals surface area contributed by atoms with Gasteiger partial charge in [-0.3, -0.25) is 10.2 Å². The molecule has 6 nitrogen and oxygen atoms in total. The topological polar surface area (TPSA) is 59.4 Å². The average Bonchev–Trinajstić information content (AvgIpc) is 3.52. The molecule has 182 valence electrons. The van der Waals surface area contributed by atoms with Crippen LogP contribution in [0.5, 0.6) is 5.75 Å². The molecule has 1 aromatic heterocycles. The quantitative estimate of drug-likeness (QED) is 0.207. The molecule has 36 heavy (non-hydrogen) atoms. The fraction of sp³-hybridized carbons (Fsp3) is 0.115. The summed E-state index contributed by atoms with van der Waals surface area (Å²) in [4.78, 5) is 13.4. The van der Waals surface area contributed by atoms with Gasteiger partial charge in [0.05, 0.1) is 30.3 Å². The van der Waals surface area contributed by atoms with Gasteiger partial charge >= 0.3 is 0 Å². The minimum Gasteiger partial charge on any atom is -0.497 e. The van der Waals surface area contributed by atoms with E-state index < -0.39 is 0 Å². The summed E-state index contributed by atoms with van der Waals surface area (Å²) in [7, 11) is 1.64. The molecule has 0 radical (unpaired) electrons. The van der Waals surface area contributed by atoms with E-state index in [2.05, 4.69) is 16.6 Å². The van der Waals surface area contributed by atoms with Gasteiger partial charge in [0.2, 0.25) is 0 Å². The number of hydrogen-bond donors (Lipinski definition) is 1. The SMILES string of the molecule is COc1ccc([C@H]2C=C(c3ccccc3)NN2C(=O)CSc2nn(-c3ccc(Cl)cc3)c(=S)s2)cc1. The molecule has 1 aliphatic rings. The number of ether oxygens (including phenoxy) is 1. The van der Waals surface area contributed by atoms with Gasteiger partial charge in [-0.05, 0) is 65.8 Å².